The topological polar surface area (TPSA) is 47.7 Å². The molecule has 1 aliphatic rings. The molecule has 1 aromatic carbocycles. The third-order valence-corrected chi connectivity index (χ3v) is 3.81. The molecule has 4 heteroatoms. The molecule has 0 saturated carbocycles. The van der Waals surface area contributed by atoms with E-state index >= 15 is 0 Å². The lowest BCUT2D eigenvalue weighted by atomic mass is 10.1. The van der Waals surface area contributed by atoms with Crippen molar-refractivity contribution < 1.29 is 9.47 Å². The first kappa shape index (κ1) is 15.3. The molecule has 1 aromatic rings. The second kappa shape index (κ2) is 8.25. The number of nitrogens with zero attached hydrogens (tertiary/aromatic N) is 1. The van der Waals surface area contributed by atoms with Crippen LogP contribution in [0.5, 0.6) is 5.75 Å². The number of hydrogen-bond donors (Lipinski definition) is 1. The highest BCUT2D eigenvalue weighted by Gasteiger charge is 2.10. The summed E-state index contributed by atoms with van der Waals surface area (Å²) in [6.45, 7) is 4.13. The molecule has 20 heavy (non-hydrogen) atoms. The van der Waals surface area contributed by atoms with Gasteiger partial charge in [-0.3, -0.25) is 4.90 Å². The fourth-order valence-corrected chi connectivity index (χ4v) is 2.62. The molecule has 1 saturated heterocycles. The van der Waals surface area contributed by atoms with Crippen molar-refractivity contribution in [3.63, 3.8) is 0 Å². The maximum Gasteiger partial charge on any atom is 0.124 e. The first-order valence-electron chi connectivity index (χ1n) is 7.49. The smallest absolute Gasteiger partial charge is 0.124 e. The van der Waals surface area contributed by atoms with Gasteiger partial charge in [-0.05, 0) is 30.5 Å². The van der Waals surface area contributed by atoms with Crippen LogP contribution in [0.1, 0.15) is 36.8 Å². The van der Waals surface area contributed by atoms with Gasteiger partial charge in [0.25, 0.3) is 0 Å². The summed E-state index contributed by atoms with van der Waals surface area (Å²) in [6.07, 6.45) is 5.27. The van der Waals surface area contributed by atoms with Crippen LogP contribution in [-0.4, -0.2) is 31.8 Å². The molecule has 2 N–H and O–H groups in total. The van der Waals surface area contributed by atoms with Gasteiger partial charge in [0.05, 0.1) is 20.4 Å². The summed E-state index contributed by atoms with van der Waals surface area (Å²) in [5, 5.41) is 0. The highest BCUT2D eigenvalue weighted by molar-refractivity contribution is 5.36. The maximum absolute atomic E-state index is 5.86. The van der Waals surface area contributed by atoms with Crippen molar-refractivity contribution in [2.75, 3.05) is 26.9 Å². The van der Waals surface area contributed by atoms with Crippen molar-refractivity contribution in [2.45, 2.75) is 38.8 Å². The Bertz CT molecular complexity index is 401. The highest BCUT2D eigenvalue weighted by Crippen LogP contribution is 2.21. The van der Waals surface area contributed by atoms with E-state index in [1.165, 1.54) is 25.7 Å². The molecule has 0 bridgehead atoms. The van der Waals surface area contributed by atoms with Crippen molar-refractivity contribution in [1.82, 2.24) is 4.90 Å². The lowest BCUT2D eigenvalue weighted by Gasteiger charge is -2.20. The number of methoxy groups -OCH3 is 1. The molecular formula is C16H26N2O2. The Hall–Kier alpha value is -1.10. The molecule has 2 rings (SSSR count). The van der Waals surface area contributed by atoms with Gasteiger partial charge < -0.3 is 15.2 Å². The molecule has 0 spiro atoms. The molecule has 0 amide bonds. The van der Waals surface area contributed by atoms with Crippen LogP contribution in [0.3, 0.4) is 0 Å². The number of nitrogens with two attached hydrogens (primary N) is 1. The molecule has 0 unspecified atom stereocenters. The fraction of sp³-hybridized carbons (Fsp3) is 0.625. The SMILES string of the molecule is COc1ccc(CN)cc1COCN1CCCCCC1. The maximum atomic E-state index is 5.86. The van der Waals surface area contributed by atoms with Gasteiger partial charge in [-0.25, -0.2) is 0 Å². The van der Waals surface area contributed by atoms with E-state index in [1.807, 2.05) is 12.1 Å². The first-order valence-corrected chi connectivity index (χ1v) is 7.49. The Morgan fingerprint density at radius 1 is 1.15 bits per heavy atom. The zero-order valence-corrected chi connectivity index (χ0v) is 12.4. The summed E-state index contributed by atoms with van der Waals surface area (Å²) < 4.78 is 11.2. The van der Waals surface area contributed by atoms with Gasteiger partial charge in [-0.1, -0.05) is 18.9 Å². The third-order valence-electron chi connectivity index (χ3n) is 3.81. The summed E-state index contributed by atoms with van der Waals surface area (Å²) in [4.78, 5) is 2.40. The molecule has 1 fully saturated rings. The Balaban J connectivity index is 1.86. The van der Waals surface area contributed by atoms with Crippen LogP contribution < -0.4 is 10.5 Å². The predicted octanol–water partition coefficient (Wildman–Crippen LogP) is 2.50. The second-order valence-electron chi connectivity index (χ2n) is 5.36. The van der Waals surface area contributed by atoms with Crippen molar-refractivity contribution in [2.24, 2.45) is 5.73 Å². The molecule has 0 radical (unpaired) electrons. The molecule has 0 aliphatic carbocycles. The van der Waals surface area contributed by atoms with Gasteiger partial charge in [0.1, 0.15) is 5.75 Å². The molecule has 1 aliphatic heterocycles. The third kappa shape index (κ3) is 4.47. The quantitative estimate of drug-likeness (QED) is 0.868. The lowest BCUT2D eigenvalue weighted by Crippen LogP contribution is -2.27. The fourth-order valence-electron chi connectivity index (χ4n) is 2.62. The van der Waals surface area contributed by atoms with Crippen LogP contribution in [-0.2, 0) is 17.9 Å². The summed E-state index contributed by atoms with van der Waals surface area (Å²) in [5.74, 6) is 0.873. The van der Waals surface area contributed by atoms with E-state index in [0.717, 1.165) is 30.0 Å². The number of rotatable bonds is 6. The van der Waals surface area contributed by atoms with E-state index < -0.39 is 0 Å². The van der Waals surface area contributed by atoms with Gasteiger partial charge in [-0.2, -0.15) is 0 Å². The van der Waals surface area contributed by atoms with E-state index in [2.05, 4.69) is 11.0 Å². The Morgan fingerprint density at radius 3 is 2.55 bits per heavy atom. The molecule has 1 heterocycles. The summed E-state index contributed by atoms with van der Waals surface area (Å²) in [5.41, 5.74) is 7.87. The van der Waals surface area contributed by atoms with E-state index in [1.54, 1.807) is 7.11 Å². The molecule has 0 atom stereocenters. The summed E-state index contributed by atoms with van der Waals surface area (Å²) in [7, 11) is 1.69. The van der Waals surface area contributed by atoms with Gasteiger partial charge in [0, 0.05) is 25.2 Å². The minimum atomic E-state index is 0.545. The average Bonchev–Trinajstić information content (AvgIpc) is 2.76. The number of likely N-dealkylation sites (tertiary alicyclic amines) is 1. The largest absolute Gasteiger partial charge is 0.496 e. The zero-order chi connectivity index (χ0) is 14.2. The Labute approximate surface area is 121 Å². The second-order valence-corrected chi connectivity index (χ2v) is 5.36. The van der Waals surface area contributed by atoms with E-state index in [4.69, 9.17) is 15.2 Å². The minimum absolute atomic E-state index is 0.545. The van der Waals surface area contributed by atoms with Gasteiger partial charge in [-0.15, -0.1) is 0 Å². The minimum Gasteiger partial charge on any atom is -0.496 e. The average molecular weight is 278 g/mol. The van der Waals surface area contributed by atoms with Gasteiger partial charge in [0.2, 0.25) is 0 Å². The van der Waals surface area contributed by atoms with Gasteiger partial charge in [0.15, 0.2) is 0 Å². The van der Waals surface area contributed by atoms with E-state index in [-0.39, 0.29) is 0 Å². The number of benzene rings is 1. The Morgan fingerprint density at radius 2 is 1.90 bits per heavy atom. The van der Waals surface area contributed by atoms with Crippen LogP contribution in [0.25, 0.3) is 0 Å². The number of hydrogen-bond acceptors (Lipinski definition) is 4. The van der Waals surface area contributed by atoms with E-state index in [9.17, 15) is 0 Å². The van der Waals surface area contributed by atoms with Crippen LogP contribution >= 0.6 is 0 Å². The van der Waals surface area contributed by atoms with E-state index in [0.29, 0.717) is 19.9 Å². The Kier molecular flexibility index (Phi) is 6.30. The van der Waals surface area contributed by atoms with Gasteiger partial charge >= 0.3 is 0 Å². The van der Waals surface area contributed by atoms with Crippen LogP contribution in [0.4, 0.5) is 0 Å². The van der Waals surface area contributed by atoms with Crippen LogP contribution in [0.2, 0.25) is 0 Å². The van der Waals surface area contributed by atoms with Crippen LogP contribution in [0.15, 0.2) is 18.2 Å². The molecule has 4 nitrogen and oxygen atoms in total. The van der Waals surface area contributed by atoms with Crippen molar-refractivity contribution in [3.8, 4) is 5.75 Å². The van der Waals surface area contributed by atoms with Crippen molar-refractivity contribution >= 4 is 0 Å². The summed E-state index contributed by atoms with van der Waals surface area (Å²) in [6, 6.07) is 6.03. The van der Waals surface area contributed by atoms with Crippen molar-refractivity contribution in [3.05, 3.63) is 29.3 Å². The standard InChI is InChI=1S/C16H26N2O2/c1-19-16-7-6-14(11-17)10-15(16)12-20-13-18-8-4-2-3-5-9-18/h6-7,10H,2-5,8-9,11-13,17H2,1H3. The molecule has 0 aromatic heterocycles. The first-order chi connectivity index (χ1) is 9.83. The molecule has 112 valence electrons. The molecular weight excluding hydrogens is 252 g/mol. The normalized spacial score (nSPS) is 16.9. The monoisotopic (exact) mass is 278 g/mol. The predicted molar refractivity (Wildman–Crippen MR) is 80.6 cm³/mol. The number of ether oxygens (including phenoxy) is 2. The lowest BCUT2D eigenvalue weighted by molar-refractivity contribution is 0.0197. The highest BCUT2D eigenvalue weighted by atomic mass is 16.5. The van der Waals surface area contributed by atoms with Crippen LogP contribution in [0, 0.1) is 0 Å². The van der Waals surface area contributed by atoms with Crippen molar-refractivity contribution in [1.29, 1.82) is 0 Å². The summed E-state index contributed by atoms with van der Waals surface area (Å²) >= 11 is 0. The zero-order valence-electron chi connectivity index (χ0n) is 12.4.